The first-order valence-electron chi connectivity index (χ1n) is 11.9. The molecule has 5 nitrogen and oxygen atoms in total. The SMILES string of the molecule is C/C(=C\[C@H](O)C(C)CCCc1ccccc1)[C@H]1CCC(=O)N1CCCc1ccc(C(=O)O)s1. The van der Waals surface area contributed by atoms with Crippen LogP contribution in [0.3, 0.4) is 0 Å². The van der Waals surface area contributed by atoms with Crippen molar-refractivity contribution in [2.75, 3.05) is 6.54 Å². The summed E-state index contributed by atoms with van der Waals surface area (Å²) < 4.78 is 0. The average Bonchev–Trinajstić information content (AvgIpc) is 3.42. The summed E-state index contributed by atoms with van der Waals surface area (Å²) in [4.78, 5) is 26.8. The second-order valence-corrected chi connectivity index (χ2v) is 10.2. The number of carbonyl (C=O) groups is 2. The first-order chi connectivity index (χ1) is 15.8. The van der Waals surface area contributed by atoms with E-state index in [9.17, 15) is 14.7 Å². The quantitative estimate of drug-likeness (QED) is 0.412. The molecule has 2 aromatic rings. The molecule has 1 aliphatic rings. The molecule has 1 amide bonds. The van der Waals surface area contributed by atoms with E-state index in [1.807, 2.05) is 30.0 Å². The summed E-state index contributed by atoms with van der Waals surface area (Å²) in [6.07, 6.45) is 7.33. The van der Waals surface area contributed by atoms with Crippen molar-refractivity contribution < 1.29 is 19.8 Å². The Bertz CT molecular complexity index is 952. The van der Waals surface area contributed by atoms with Crippen LogP contribution in [0.2, 0.25) is 0 Å². The molecule has 1 aromatic carbocycles. The van der Waals surface area contributed by atoms with Crippen LogP contribution in [0, 0.1) is 5.92 Å². The third kappa shape index (κ3) is 7.27. The molecular weight excluding hydrogens is 434 g/mol. The molecule has 3 rings (SSSR count). The zero-order valence-electron chi connectivity index (χ0n) is 19.6. The number of carboxylic acids is 1. The van der Waals surface area contributed by atoms with Crippen LogP contribution in [0.25, 0.3) is 0 Å². The van der Waals surface area contributed by atoms with E-state index in [0.717, 1.165) is 49.0 Å². The molecule has 2 N–H and O–H groups in total. The summed E-state index contributed by atoms with van der Waals surface area (Å²) in [6.45, 7) is 4.76. The van der Waals surface area contributed by atoms with Crippen molar-refractivity contribution in [3.05, 3.63) is 69.4 Å². The molecule has 33 heavy (non-hydrogen) atoms. The van der Waals surface area contributed by atoms with E-state index in [1.165, 1.54) is 16.9 Å². The topological polar surface area (TPSA) is 77.8 Å². The monoisotopic (exact) mass is 469 g/mol. The lowest BCUT2D eigenvalue weighted by Gasteiger charge is -2.27. The van der Waals surface area contributed by atoms with Crippen molar-refractivity contribution >= 4 is 23.2 Å². The van der Waals surface area contributed by atoms with E-state index in [0.29, 0.717) is 17.8 Å². The van der Waals surface area contributed by atoms with Gasteiger partial charge in [0.2, 0.25) is 5.91 Å². The van der Waals surface area contributed by atoms with Gasteiger partial charge in [-0.2, -0.15) is 0 Å². The van der Waals surface area contributed by atoms with Gasteiger partial charge in [-0.15, -0.1) is 11.3 Å². The number of aliphatic hydroxyl groups excluding tert-OH is 1. The number of hydrogen-bond donors (Lipinski definition) is 2. The van der Waals surface area contributed by atoms with E-state index in [2.05, 4.69) is 31.2 Å². The number of rotatable bonds is 12. The van der Waals surface area contributed by atoms with Gasteiger partial charge in [0.05, 0.1) is 12.1 Å². The number of carboxylic acid groups (broad SMARTS) is 1. The number of aryl methyl sites for hydroxylation is 2. The molecule has 3 atom stereocenters. The lowest BCUT2D eigenvalue weighted by Crippen LogP contribution is -2.35. The van der Waals surface area contributed by atoms with E-state index in [-0.39, 0.29) is 17.9 Å². The third-order valence-electron chi connectivity index (χ3n) is 6.53. The van der Waals surface area contributed by atoms with Gasteiger partial charge in [0, 0.05) is 17.8 Å². The molecule has 178 valence electrons. The van der Waals surface area contributed by atoms with Crippen LogP contribution in [0.15, 0.2) is 54.1 Å². The van der Waals surface area contributed by atoms with Crippen molar-refractivity contribution in [1.29, 1.82) is 0 Å². The summed E-state index contributed by atoms with van der Waals surface area (Å²) in [5.41, 5.74) is 2.39. The third-order valence-corrected chi connectivity index (χ3v) is 7.67. The normalized spacial score (nSPS) is 18.5. The number of likely N-dealkylation sites (tertiary alicyclic amines) is 1. The van der Waals surface area contributed by atoms with Gasteiger partial charge < -0.3 is 15.1 Å². The number of hydrogen-bond acceptors (Lipinski definition) is 4. The van der Waals surface area contributed by atoms with Crippen LogP contribution in [0.5, 0.6) is 0 Å². The maximum absolute atomic E-state index is 12.5. The predicted molar refractivity (Wildman–Crippen MR) is 133 cm³/mol. The highest BCUT2D eigenvalue weighted by molar-refractivity contribution is 7.13. The van der Waals surface area contributed by atoms with Gasteiger partial charge in [0.25, 0.3) is 0 Å². The lowest BCUT2D eigenvalue weighted by molar-refractivity contribution is -0.128. The summed E-state index contributed by atoms with van der Waals surface area (Å²) in [6, 6.07) is 14.0. The van der Waals surface area contributed by atoms with Gasteiger partial charge in [0.15, 0.2) is 0 Å². The van der Waals surface area contributed by atoms with Crippen LogP contribution >= 0.6 is 11.3 Å². The zero-order chi connectivity index (χ0) is 23.8. The highest BCUT2D eigenvalue weighted by Gasteiger charge is 2.31. The van der Waals surface area contributed by atoms with Crippen LogP contribution in [-0.2, 0) is 17.6 Å². The molecule has 0 saturated carbocycles. The van der Waals surface area contributed by atoms with Gasteiger partial charge in [-0.3, -0.25) is 4.79 Å². The molecular formula is C27H35NO4S. The van der Waals surface area contributed by atoms with Crippen LogP contribution in [0.4, 0.5) is 0 Å². The summed E-state index contributed by atoms with van der Waals surface area (Å²) in [5.74, 6) is -0.568. The first kappa shape index (κ1) is 25.2. The van der Waals surface area contributed by atoms with Crippen molar-refractivity contribution in [3.8, 4) is 0 Å². The number of benzene rings is 1. The highest BCUT2D eigenvalue weighted by atomic mass is 32.1. The summed E-state index contributed by atoms with van der Waals surface area (Å²) >= 11 is 1.30. The van der Waals surface area contributed by atoms with Crippen LogP contribution in [-0.4, -0.2) is 45.7 Å². The van der Waals surface area contributed by atoms with Gasteiger partial charge >= 0.3 is 5.97 Å². The number of aromatic carboxylic acids is 1. The molecule has 1 fully saturated rings. The fourth-order valence-electron chi connectivity index (χ4n) is 4.53. The number of nitrogens with zero attached hydrogens (tertiary/aromatic N) is 1. The van der Waals surface area contributed by atoms with Gasteiger partial charge in [-0.1, -0.05) is 48.9 Å². The van der Waals surface area contributed by atoms with E-state index in [4.69, 9.17) is 5.11 Å². The Morgan fingerprint density at radius 1 is 1.18 bits per heavy atom. The maximum atomic E-state index is 12.5. The highest BCUT2D eigenvalue weighted by Crippen LogP contribution is 2.27. The molecule has 1 unspecified atom stereocenters. The number of thiophene rings is 1. The molecule has 6 heteroatoms. The molecule has 1 aromatic heterocycles. The largest absolute Gasteiger partial charge is 0.477 e. The Morgan fingerprint density at radius 2 is 1.94 bits per heavy atom. The first-order valence-corrected chi connectivity index (χ1v) is 12.7. The molecule has 0 aliphatic carbocycles. The fraction of sp³-hybridized carbons (Fsp3) is 0.481. The Hall–Kier alpha value is -2.44. The Balaban J connectivity index is 1.49. The summed E-state index contributed by atoms with van der Waals surface area (Å²) in [5, 5.41) is 19.8. The van der Waals surface area contributed by atoms with Gasteiger partial charge in [-0.25, -0.2) is 4.79 Å². The summed E-state index contributed by atoms with van der Waals surface area (Å²) in [7, 11) is 0. The Kier molecular flexibility index (Phi) is 9.27. The lowest BCUT2D eigenvalue weighted by atomic mass is 9.93. The zero-order valence-corrected chi connectivity index (χ0v) is 20.4. The second-order valence-electron chi connectivity index (χ2n) is 9.07. The predicted octanol–water partition coefficient (Wildman–Crippen LogP) is 5.34. The van der Waals surface area contributed by atoms with Crippen molar-refractivity contribution in [2.45, 2.75) is 70.9 Å². The van der Waals surface area contributed by atoms with E-state index >= 15 is 0 Å². The number of aliphatic hydroxyl groups is 1. The molecule has 0 radical (unpaired) electrons. The Labute approximate surface area is 200 Å². The van der Waals surface area contributed by atoms with Crippen LogP contribution in [0.1, 0.15) is 66.1 Å². The van der Waals surface area contributed by atoms with Crippen LogP contribution < -0.4 is 0 Å². The van der Waals surface area contributed by atoms with Crippen molar-refractivity contribution in [3.63, 3.8) is 0 Å². The van der Waals surface area contributed by atoms with E-state index < -0.39 is 12.1 Å². The minimum Gasteiger partial charge on any atom is -0.477 e. The molecule has 0 spiro atoms. The minimum absolute atomic E-state index is 0.0431. The van der Waals surface area contributed by atoms with Crippen molar-refractivity contribution in [2.24, 2.45) is 5.92 Å². The number of carbonyl (C=O) groups excluding carboxylic acids is 1. The molecule has 1 aliphatic heterocycles. The smallest absolute Gasteiger partial charge is 0.345 e. The number of amides is 1. The molecule has 0 bridgehead atoms. The molecule has 1 saturated heterocycles. The molecule has 2 heterocycles. The van der Waals surface area contributed by atoms with E-state index in [1.54, 1.807) is 6.07 Å². The average molecular weight is 470 g/mol. The maximum Gasteiger partial charge on any atom is 0.345 e. The van der Waals surface area contributed by atoms with Gasteiger partial charge in [0.1, 0.15) is 4.88 Å². The standard InChI is InChI=1S/C27H35NO4S/c1-19(8-6-11-21-9-4-3-5-10-21)24(29)18-20(2)23-14-16-26(30)28(23)17-7-12-22-13-15-25(33-22)27(31)32/h3-5,9-10,13,15,18-19,23-24,29H,6-8,11-12,14,16-17H2,1-2H3,(H,31,32)/b20-18+/t19?,23-,24+/m1/s1. The fourth-order valence-corrected chi connectivity index (χ4v) is 5.41. The van der Waals surface area contributed by atoms with Crippen molar-refractivity contribution in [1.82, 2.24) is 4.90 Å². The minimum atomic E-state index is -0.894. The Morgan fingerprint density at radius 3 is 2.64 bits per heavy atom. The second kappa shape index (κ2) is 12.1. The van der Waals surface area contributed by atoms with Gasteiger partial charge in [-0.05, 0) is 69.1 Å².